The molecule has 5 heteroatoms. The van der Waals surface area contributed by atoms with E-state index in [1.54, 1.807) is 24.3 Å². The van der Waals surface area contributed by atoms with Crippen LogP contribution in [0, 0.1) is 0 Å². The minimum Gasteiger partial charge on any atom is -0.479 e. The number of amides is 1. The quantitative estimate of drug-likeness (QED) is 0.834. The number of carboxylic acids is 1. The van der Waals surface area contributed by atoms with Gasteiger partial charge in [0.15, 0.2) is 6.04 Å². The number of unbranched alkanes of at least 4 members (excludes halogenated alkanes) is 1. The fourth-order valence-electron chi connectivity index (χ4n) is 1.55. The van der Waals surface area contributed by atoms with Crippen LogP contribution >= 0.6 is 11.6 Å². The maximum absolute atomic E-state index is 11.6. The number of nitrogens with one attached hydrogen (secondary N) is 1. The molecule has 0 bridgehead atoms. The van der Waals surface area contributed by atoms with Crippen molar-refractivity contribution in [3.05, 3.63) is 34.9 Å². The van der Waals surface area contributed by atoms with Crippen LogP contribution in [0.1, 0.15) is 37.8 Å². The molecule has 98 valence electrons. The topological polar surface area (TPSA) is 66.4 Å². The normalized spacial score (nSPS) is 11.9. The van der Waals surface area contributed by atoms with E-state index in [0.29, 0.717) is 17.0 Å². The fraction of sp³-hybridized carbons (Fsp3) is 0.385. The van der Waals surface area contributed by atoms with Crippen molar-refractivity contribution in [2.45, 2.75) is 32.2 Å². The van der Waals surface area contributed by atoms with Gasteiger partial charge in [0.2, 0.25) is 5.91 Å². The van der Waals surface area contributed by atoms with Gasteiger partial charge in [-0.25, -0.2) is 4.79 Å². The number of carbonyl (C=O) groups is 2. The van der Waals surface area contributed by atoms with Gasteiger partial charge in [0.25, 0.3) is 0 Å². The summed E-state index contributed by atoms with van der Waals surface area (Å²) in [5.74, 6) is -1.39. The van der Waals surface area contributed by atoms with Gasteiger partial charge in [-0.2, -0.15) is 0 Å². The lowest BCUT2D eigenvalue weighted by Gasteiger charge is -2.16. The molecule has 0 fully saturated rings. The predicted octanol–water partition coefficient (Wildman–Crippen LogP) is 2.77. The average molecular weight is 270 g/mol. The van der Waals surface area contributed by atoms with Gasteiger partial charge in [-0.1, -0.05) is 43.1 Å². The summed E-state index contributed by atoms with van der Waals surface area (Å²) < 4.78 is 0. The Kier molecular flexibility index (Phi) is 5.65. The van der Waals surface area contributed by atoms with Gasteiger partial charge in [-0.15, -0.1) is 0 Å². The van der Waals surface area contributed by atoms with Gasteiger partial charge in [0, 0.05) is 17.0 Å². The van der Waals surface area contributed by atoms with E-state index < -0.39 is 12.0 Å². The molecule has 1 rings (SSSR count). The van der Waals surface area contributed by atoms with E-state index in [1.807, 2.05) is 6.92 Å². The van der Waals surface area contributed by atoms with Crippen molar-refractivity contribution in [1.82, 2.24) is 5.32 Å². The molecule has 0 saturated carbocycles. The lowest BCUT2D eigenvalue weighted by atomic mass is 10.1. The van der Waals surface area contributed by atoms with Crippen LogP contribution in [0.2, 0.25) is 5.02 Å². The summed E-state index contributed by atoms with van der Waals surface area (Å²) in [6.07, 6.45) is 1.95. The average Bonchev–Trinajstić information content (AvgIpc) is 2.34. The van der Waals surface area contributed by atoms with Crippen molar-refractivity contribution in [1.29, 1.82) is 0 Å². The molecule has 2 N–H and O–H groups in total. The van der Waals surface area contributed by atoms with Gasteiger partial charge in [-0.05, 0) is 12.5 Å². The van der Waals surface area contributed by atoms with Crippen LogP contribution in [0.3, 0.4) is 0 Å². The van der Waals surface area contributed by atoms with Crippen molar-refractivity contribution in [3.63, 3.8) is 0 Å². The molecule has 18 heavy (non-hydrogen) atoms. The van der Waals surface area contributed by atoms with Crippen molar-refractivity contribution in [2.24, 2.45) is 0 Å². The van der Waals surface area contributed by atoms with E-state index in [1.165, 1.54) is 0 Å². The first kappa shape index (κ1) is 14.5. The SMILES string of the molecule is CCCCC(=O)N[C@@H](C(=O)O)c1ccccc1Cl. The Morgan fingerprint density at radius 2 is 2.06 bits per heavy atom. The molecule has 0 aliphatic heterocycles. The maximum Gasteiger partial charge on any atom is 0.330 e. The van der Waals surface area contributed by atoms with Crippen LogP contribution in [-0.2, 0) is 9.59 Å². The molecule has 0 saturated heterocycles. The third kappa shape index (κ3) is 4.04. The van der Waals surface area contributed by atoms with Crippen LogP contribution in [0.4, 0.5) is 0 Å². The Labute approximate surface area is 111 Å². The summed E-state index contributed by atoms with van der Waals surface area (Å²) in [5.41, 5.74) is 0.400. The number of hydrogen-bond acceptors (Lipinski definition) is 2. The number of carboxylic acid groups (broad SMARTS) is 1. The van der Waals surface area contributed by atoms with Gasteiger partial charge >= 0.3 is 5.97 Å². The van der Waals surface area contributed by atoms with Crippen molar-refractivity contribution < 1.29 is 14.7 Å². The van der Waals surface area contributed by atoms with E-state index in [9.17, 15) is 9.59 Å². The zero-order valence-corrected chi connectivity index (χ0v) is 10.9. The summed E-state index contributed by atoms with van der Waals surface area (Å²) in [6.45, 7) is 1.97. The number of halogens is 1. The summed E-state index contributed by atoms with van der Waals surface area (Å²) in [7, 11) is 0. The van der Waals surface area contributed by atoms with Crippen LogP contribution in [0.15, 0.2) is 24.3 Å². The van der Waals surface area contributed by atoms with E-state index in [2.05, 4.69) is 5.32 Å². The molecule has 1 aromatic carbocycles. The van der Waals surface area contributed by atoms with Gasteiger partial charge < -0.3 is 10.4 Å². The Balaban J connectivity index is 2.81. The van der Waals surface area contributed by atoms with E-state index >= 15 is 0 Å². The fourth-order valence-corrected chi connectivity index (χ4v) is 1.80. The first-order valence-corrected chi connectivity index (χ1v) is 6.20. The first-order chi connectivity index (χ1) is 8.56. The van der Waals surface area contributed by atoms with Crippen LogP contribution < -0.4 is 5.32 Å². The predicted molar refractivity (Wildman–Crippen MR) is 69.5 cm³/mol. The monoisotopic (exact) mass is 269 g/mol. The number of rotatable bonds is 6. The Morgan fingerprint density at radius 3 is 2.61 bits per heavy atom. The zero-order valence-electron chi connectivity index (χ0n) is 10.1. The summed E-state index contributed by atoms with van der Waals surface area (Å²) in [5, 5.41) is 12.0. The van der Waals surface area contributed by atoms with Crippen LogP contribution in [0.25, 0.3) is 0 Å². The number of carbonyl (C=O) groups excluding carboxylic acids is 1. The second-order valence-corrected chi connectivity index (χ2v) is 4.37. The number of aliphatic carboxylic acids is 1. The molecule has 4 nitrogen and oxygen atoms in total. The van der Waals surface area contributed by atoms with Crippen molar-refractivity contribution >= 4 is 23.5 Å². The second-order valence-electron chi connectivity index (χ2n) is 3.96. The molecule has 1 amide bonds. The lowest BCUT2D eigenvalue weighted by Crippen LogP contribution is -2.33. The van der Waals surface area contributed by atoms with Crippen LogP contribution in [0.5, 0.6) is 0 Å². The highest BCUT2D eigenvalue weighted by Crippen LogP contribution is 2.23. The minimum absolute atomic E-state index is 0.274. The molecular weight excluding hydrogens is 254 g/mol. The molecular formula is C13H16ClNO3. The highest BCUT2D eigenvalue weighted by Gasteiger charge is 2.23. The molecule has 0 aliphatic carbocycles. The number of benzene rings is 1. The van der Waals surface area contributed by atoms with E-state index in [-0.39, 0.29) is 5.91 Å². The lowest BCUT2D eigenvalue weighted by molar-refractivity contribution is -0.142. The Bertz CT molecular complexity index is 434. The molecule has 1 atom stereocenters. The van der Waals surface area contributed by atoms with E-state index in [4.69, 9.17) is 16.7 Å². The molecule has 0 aromatic heterocycles. The highest BCUT2D eigenvalue weighted by atomic mass is 35.5. The smallest absolute Gasteiger partial charge is 0.330 e. The minimum atomic E-state index is -1.12. The van der Waals surface area contributed by atoms with E-state index in [0.717, 1.165) is 12.8 Å². The third-order valence-electron chi connectivity index (χ3n) is 2.53. The summed E-state index contributed by atoms with van der Waals surface area (Å²) in [4.78, 5) is 22.8. The molecule has 0 spiro atoms. The largest absolute Gasteiger partial charge is 0.479 e. The first-order valence-electron chi connectivity index (χ1n) is 5.82. The second kappa shape index (κ2) is 7.01. The molecule has 0 heterocycles. The third-order valence-corrected chi connectivity index (χ3v) is 2.87. The molecule has 0 aliphatic rings. The Hall–Kier alpha value is -1.55. The van der Waals surface area contributed by atoms with Gasteiger partial charge in [0.05, 0.1) is 0 Å². The van der Waals surface area contributed by atoms with Crippen molar-refractivity contribution in [3.8, 4) is 0 Å². The molecule has 1 aromatic rings. The highest BCUT2D eigenvalue weighted by molar-refractivity contribution is 6.31. The molecule has 0 unspecified atom stereocenters. The Morgan fingerprint density at radius 1 is 1.39 bits per heavy atom. The number of hydrogen-bond donors (Lipinski definition) is 2. The van der Waals surface area contributed by atoms with Crippen LogP contribution in [-0.4, -0.2) is 17.0 Å². The summed E-state index contributed by atoms with van der Waals surface area (Å²) in [6, 6.07) is 5.51. The van der Waals surface area contributed by atoms with Crippen molar-refractivity contribution in [2.75, 3.05) is 0 Å². The standard InChI is InChI=1S/C13H16ClNO3/c1-2-3-8-11(16)15-12(13(17)18)9-6-4-5-7-10(9)14/h4-7,12H,2-3,8H2,1H3,(H,15,16)(H,17,18)/t12-/m1/s1. The summed E-state index contributed by atoms with van der Waals surface area (Å²) >= 11 is 5.94. The maximum atomic E-state index is 11.6. The van der Waals surface area contributed by atoms with Gasteiger partial charge in [0.1, 0.15) is 0 Å². The zero-order chi connectivity index (χ0) is 13.5. The molecule has 0 radical (unpaired) electrons. The van der Waals surface area contributed by atoms with Gasteiger partial charge in [-0.3, -0.25) is 4.79 Å².